The summed E-state index contributed by atoms with van der Waals surface area (Å²) in [5.41, 5.74) is 0. The van der Waals surface area contributed by atoms with Gasteiger partial charge < -0.3 is 18.8 Å². The highest BCUT2D eigenvalue weighted by Gasteiger charge is 2.36. The number of fused-ring (bicyclic) bond motifs is 1. The van der Waals surface area contributed by atoms with E-state index in [1.54, 1.807) is 6.07 Å². The van der Waals surface area contributed by atoms with Crippen LogP contribution in [-0.4, -0.2) is 6.79 Å². The molecule has 6 heteroatoms. The molecular formula is C25H18BrO4P. The average molecular weight is 493 g/mol. The molecule has 1 aliphatic heterocycles. The Hall–Kier alpha value is -3.01. The molecular weight excluding hydrogens is 475 g/mol. The van der Waals surface area contributed by atoms with Gasteiger partial charge in [0.05, 0.1) is 4.47 Å². The van der Waals surface area contributed by atoms with Crippen molar-refractivity contribution in [2.45, 2.75) is 0 Å². The van der Waals surface area contributed by atoms with Gasteiger partial charge in [-0.25, -0.2) is 0 Å². The molecule has 0 amide bonds. The maximum Gasteiger partial charge on any atom is 0.231 e. The molecule has 1 aliphatic rings. The van der Waals surface area contributed by atoms with Gasteiger partial charge >= 0.3 is 0 Å². The molecule has 1 heterocycles. The van der Waals surface area contributed by atoms with Crippen LogP contribution in [0.4, 0.5) is 0 Å². The van der Waals surface area contributed by atoms with Crippen molar-refractivity contribution in [3.8, 4) is 23.0 Å². The average Bonchev–Trinajstić information content (AvgIpc) is 3.33. The van der Waals surface area contributed by atoms with Gasteiger partial charge in [0.25, 0.3) is 0 Å². The van der Waals surface area contributed by atoms with Gasteiger partial charge in [0, 0.05) is 15.9 Å². The summed E-state index contributed by atoms with van der Waals surface area (Å²) in [4.78, 5) is 0. The molecule has 0 atom stereocenters. The van der Waals surface area contributed by atoms with Crippen molar-refractivity contribution in [3.05, 3.63) is 102 Å². The van der Waals surface area contributed by atoms with Crippen LogP contribution in [0.2, 0.25) is 0 Å². The van der Waals surface area contributed by atoms with E-state index >= 15 is 0 Å². The van der Waals surface area contributed by atoms with Gasteiger partial charge in [-0.1, -0.05) is 78.9 Å². The number of para-hydroxylation sites is 1. The molecule has 0 spiro atoms. The van der Waals surface area contributed by atoms with E-state index in [4.69, 9.17) is 14.2 Å². The van der Waals surface area contributed by atoms with E-state index in [-0.39, 0.29) is 6.79 Å². The van der Waals surface area contributed by atoms with Crippen LogP contribution >= 0.6 is 23.1 Å². The summed E-state index contributed by atoms with van der Waals surface area (Å²) in [5, 5.41) is 2.05. The number of hydrogen-bond donors (Lipinski definition) is 0. The van der Waals surface area contributed by atoms with E-state index in [9.17, 15) is 4.57 Å². The first-order valence-corrected chi connectivity index (χ1v) is 12.2. The molecule has 0 N–H and O–H groups in total. The Labute approximate surface area is 188 Å². The van der Waals surface area contributed by atoms with E-state index in [0.29, 0.717) is 32.8 Å². The van der Waals surface area contributed by atoms with E-state index in [2.05, 4.69) is 15.9 Å². The van der Waals surface area contributed by atoms with Crippen molar-refractivity contribution in [3.63, 3.8) is 0 Å². The van der Waals surface area contributed by atoms with Gasteiger partial charge in [0.2, 0.25) is 12.5 Å². The van der Waals surface area contributed by atoms with Gasteiger partial charge in [-0.2, -0.15) is 0 Å². The van der Waals surface area contributed by atoms with E-state index in [1.807, 2.05) is 91.0 Å². The molecule has 154 valence electrons. The van der Waals surface area contributed by atoms with E-state index in [1.165, 1.54) is 0 Å². The highest BCUT2D eigenvalue weighted by molar-refractivity contribution is 9.10. The first-order valence-electron chi connectivity index (χ1n) is 9.75. The molecule has 0 fully saturated rings. The third-order valence-corrected chi connectivity index (χ3v) is 9.25. The first-order chi connectivity index (χ1) is 15.2. The molecule has 4 aromatic rings. The number of hydrogen-bond acceptors (Lipinski definition) is 4. The van der Waals surface area contributed by atoms with Crippen LogP contribution < -0.4 is 30.1 Å². The summed E-state index contributed by atoms with van der Waals surface area (Å²) in [6.07, 6.45) is 0. The van der Waals surface area contributed by atoms with Crippen LogP contribution in [0.5, 0.6) is 23.0 Å². The molecule has 0 unspecified atom stereocenters. The third kappa shape index (κ3) is 3.54. The van der Waals surface area contributed by atoms with Crippen LogP contribution in [0.25, 0.3) is 0 Å². The first kappa shape index (κ1) is 19.9. The van der Waals surface area contributed by atoms with Crippen molar-refractivity contribution in [1.29, 1.82) is 0 Å². The minimum atomic E-state index is -3.24. The van der Waals surface area contributed by atoms with E-state index in [0.717, 1.165) is 10.6 Å². The smallest absolute Gasteiger partial charge is 0.231 e. The Kier molecular flexibility index (Phi) is 5.31. The summed E-state index contributed by atoms with van der Waals surface area (Å²) >= 11 is 3.65. The second-order valence-corrected chi connectivity index (χ2v) is 10.5. The molecule has 0 aliphatic carbocycles. The Morgan fingerprint density at radius 2 is 1.26 bits per heavy atom. The molecule has 0 saturated carbocycles. The van der Waals surface area contributed by atoms with Crippen LogP contribution in [0.3, 0.4) is 0 Å². The predicted molar refractivity (Wildman–Crippen MR) is 126 cm³/mol. The Balaban J connectivity index is 1.76. The fraction of sp³-hybridized carbons (Fsp3) is 0.0400. The summed E-state index contributed by atoms with van der Waals surface area (Å²) in [6.45, 7) is 0.0729. The number of benzene rings is 4. The van der Waals surface area contributed by atoms with Crippen LogP contribution in [0.15, 0.2) is 102 Å². The van der Waals surface area contributed by atoms with Crippen LogP contribution in [0.1, 0.15) is 0 Å². The molecule has 4 nitrogen and oxygen atoms in total. The largest absolute Gasteiger partial charge is 0.453 e. The van der Waals surface area contributed by atoms with Crippen molar-refractivity contribution in [1.82, 2.24) is 0 Å². The number of ether oxygens (including phenoxy) is 3. The SMILES string of the molecule is O=P(c1ccccc1)(c1ccccc1)c1cc(Oc2ccccc2)c2c(c1Br)OCO2. The maximum atomic E-state index is 14.9. The summed E-state index contributed by atoms with van der Waals surface area (Å²) in [7, 11) is -3.24. The lowest BCUT2D eigenvalue weighted by Crippen LogP contribution is -2.26. The standard InChI is InChI=1S/C25H18BrO4P/c26-23-22(31(27,19-12-6-2-7-13-19)20-14-8-3-9-15-20)16-21(24-25(23)29-17-28-24)30-18-10-4-1-5-11-18/h1-16H,17H2. The van der Waals surface area contributed by atoms with Gasteiger partial charge in [-0.3, -0.25) is 0 Å². The highest BCUT2D eigenvalue weighted by atomic mass is 79.9. The molecule has 31 heavy (non-hydrogen) atoms. The lowest BCUT2D eigenvalue weighted by Gasteiger charge is -2.23. The minimum Gasteiger partial charge on any atom is -0.453 e. The molecule has 0 saturated heterocycles. The van der Waals surface area contributed by atoms with Crippen LogP contribution in [0, 0.1) is 0 Å². The number of halogens is 1. The normalized spacial score (nSPS) is 12.5. The fourth-order valence-electron chi connectivity index (χ4n) is 3.62. The van der Waals surface area contributed by atoms with Gasteiger partial charge in [0.1, 0.15) is 5.75 Å². The maximum absolute atomic E-state index is 14.9. The summed E-state index contributed by atoms with van der Waals surface area (Å²) in [5.74, 6) is 2.11. The van der Waals surface area contributed by atoms with Crippen molar-refractivity contribution in [2.24, 2.45) is 0 Å². The highest BCUT2D eigenvalue weighted by Crippen LogP contribution is 2.53. The van der Waals surface area contributed by atoms with Gasteiger partial charge in [-0.15, -0.1) is 0 Å². The summed E-state index contributed by atoms with van der Waals surface area (Å²) < 4.78 is 33.0. The third-order valence-electron chi connectivity index (χ3n) is 5.08. The zero-order valence-electron chi connectivity index (χ0n) is 16.4. The second kappa shape index (κ2) is 8.26. The lowest BCUT2D eigenvalue weighted by molar-refractivity contribution is 0.171. The zero-order valence-corrected chi connectivity index (χ0v) is 18.9. The van der Waals surface area contributed by atoms with Crippen molar-refractivity contribution >= 4 is 39.0 Å². The predicted octanol–water partition coefficient (Wildman–Crippen LogP) is 5.61. The van der Waals surface area contributed by atoms with Gasteiger partial charge in [-0.05, 0) is 34.1 Å². The lowest BCUT2D eigenvalue weighted by atomic mass is 10.3. The molecule has 0 aromatic heterocycles. The van der Waals surface area contributed by atoms with Gasteiger partial charge in [0.15, 0.2) is 18.6 Å². The van der Waals surface area contributed by atoms with Crippen molar-refractivity contribution in [2.75, 3.05) is 6.79 Å². The quantitative estimate of drug-likeness (QED) is 0.339. The molecule has 5 rings (SSSR count). The topological polar surface area (TPSA) is 44.8 Å². The second-order valence-electron chi connectivity index (χ2n) is 6.97. The van der Waals surface area contributed by atoms with E-state index < -0.39 is 7.14 Å². The van der Waals surface area contributed by atoms with Crippen molar-refractivity contribution < 1.29 is 18.8 Å². The number of rotatable bonds is 5. The molecule has 0 radical (unpaired) electrons. The molecule has 0 bridgehead atoms. The fourth-order valence-corrected chi connectivity index (χ4v) is 7.49. The Morgan fingerprint density at radius 1 is 0.742 bits per heavy atom. The Bertz CT molecular complexity index is 1220. The minimum absolute atomic E-state index is 0.0729. The monoisotopic (exact) mass is 492 g/mol. The zero-order chi connectivity index (χ0) is 21.3. The Morgan fingerprint density at radius 3 is 1.84 bits per heavy atom. The van der Waals surface area contributed by atoms with Crippen LogP contribution in [-0.2, 0) is 4.57 Å². The summed E-state index contributed by atoms with van der Waals surface area (Å²) in [6, 6.07) is 30.2. The molecule has 4 aromatic carbocycles.